The van der Waals surface area contributed by atoms with Crippen LogP contribution in [0.1, 0.15) is 31.2 Å². The lowest BCUT2D eigenvalue weighted by atomic mass is 10.1. The van der Waals surface area contributed by atoms with Gasteiger partial charge in [-0.3, -0.25) is 4.68 Å². The Kier molecular flexibility index (Phi) is 4.15. The number of aliphatic hydroxyl groups excluding tert-OH is 1. The van der Waals surface area contributed by atoms with E-state index in [-0.39, 0.29) is 12.6 Å². The molecule has 5 nitrogen and oxygen atoms in total. The molecule has 5 heteroatoms. The predicted molar refractivity (Wildman–Crippen MR) is 86.9 cm³/mol. The van der Waals surface area contributed by atoms with Gasteiger partial charge in [-0.25, -0.2) is 0 Å². The summed E-state index contributed by atoms with van der Waals surface area (Å²) in [6.45, 7) is 4.81. The zero-order valence-corrected chi connectivity index (χ0v) is 12.9. The molecule has 2 heterocycles. The van der Waals surface area contributed by atoms with Gasteiger partial charge in [0.1, 0.15) is 11.3 Å². The molecule has 0 aliphatic rings. The second-order valence-electron chi connectivity index (χ2n) is 5.38. The van der Waals surface area contributed by atoms with Crippen molar-refractivity contribution in [3.05, 3.63) is 48.0 Å². The molecule has 3 rings (SSSR count). The molecule has 0 saturated carbocycles. The number of nitrogens with one attached hydrogen (secondary N) is 1. The highest BCUT2D eigenvalue weighted by Crippen LogP contribution is 2.31. The normalized spacial score (nSPS) is 12.7. The van der Waals surface area contributed by atoms with E-state index in [9.17, 15) is 0 Å². The lowest BCUT2D eigenvalue weighted by molar-refractivity contribution is 0.269. The Balaban J connectivity index is 1.86. The summed E-state index contributed by atoms with van der Waals surface area (Å²) >= 11 is 0. The summed E-state index contributed by atoms with van der Waals surface area (Å²) in [6, 6.07) is 8.19. The number of aryl methyl sites for hydroxylation is 1. The first-order valence-corrected chi connectivity index (χ1v) is 7.63. The van der Waals surface area contributed by atoms with Crippen LogP contribution >= 0.6 is 0 Å². The SMILES string of the molecule is CCc1c(C(C)Nc2cnn(CCO)c2)oc2ccccc12. The molecule has 0 amide bonds. The van der Waals surface area contributed by atoms with Crippen molar-refractivity contribution in [3.8, 4) is 0 Å². The van der Waals surface area contributed by atoms with Crippen molar-refractivity contribution in [3.63, 3.8) is 0 Å². The van der Waals surface area contributed by atoms with Crippen molar-refractivity contribution in [1.29, 1.82) is 0 Å². The van der Waals surface area contributed by atoms with Gasteiger partial charge in [0.15, 0.2) is 0 Å². The lowest BCUT2D eigenvalue weighted by Crippen LogP contribution is -2.07. The zero-order valence-electron chi connectivity index (χ0n) is 12.9. The molecule has 2 aromatic heterocycles. The lowest BCUT2D eigenvalue weighted by Gasteiger charge is -2.12. The Hall–Kier alpha value is -2.27. The smallest absolute Gasteiger partial charge is 0.134 e. The van der Waals surface area contributed by atoms with Gasteiger partial charge in [0.2, 0.25) is 0 Å². The van der Waals surface area contributed by atoms with Gasteiger partial charge in [-0.2, -0.15) is 5.10 Å². The molecule has 3 aromatic rings. The molecule has 0 fully saturated rings. The van der Waals surface area contributed by atoms with Crippen molar-refractivity contribution in [2.45, 2.75) is 32.9 Å². The van der Waals surface area contributed by atoms with Crippen LogP contribution in [0.5, 0.6) is 0 Å². The van der Waals surface area contributed by atoms with E-state index in [0.717, 1.165) is 23.5 Å². The van der Waals surface area contributed by atoms with E-state index in [1.165, 1.54) is 10.9 Å². The molecule has 0 aliphatic heterocycles. The summed E-state index contributed by atoms with van der Waals surface area (Å²) in [5.74, 6) is 0.971. The number of furan rings is 1. The van der Waals surface area contributed by atoms with Crippen LogP contribution in [0.2, 0.25) is 0 Å². The number of anilines is 1. The number of aromatic nitrogens is 2. The molecule has 1 unspecified atom stereocenters. The number of fused-ring (bicyclic) bond motifs is 1. The standard InChI is InChI=1S/C17H21N3O2/c1-3-14-15-6-4-5-7-16(15)22-17(14)12(2)19-13-10-18-20(11-13)8-9-21/h4-7,10-12,19,21H,3,8-9H2,1-2H3. The fourth-order valence-corrected chi connectivity index (χ4v) is 2.81. The molecule has 1 aromatic carbocycles. The van der Waals surface area contributed by atoms with E-state index >= 15 is 0 Å². The summed E-state index contributed by atoms with van der Waals surface area (Å²) in [5.41, 5.74) is 3.10. The van der Waals surface area contributed by atoms with E-state index in [1.54, 1.807) is 10.9 Å². The van der Waals surface area contributed by atoms with E-state index in [4.69, 9.17) is 9.52 Å². The van der Waals surface area contributed by atoms with Crippen molar-refractivity contribution in [1.82, 2.24) is 9.78 Å². The molecule has 0 bridgehead atoms. The predicted octanol–water partition coefficient (Wildman–Crippen LogP) is 3.36. The molecule has 0 aliphatic carbocycles. The first-order chi connectivity index (χ1) is 10.7. The molecule has 0 spiro atoms. The maximum atomic E-state index is 8.94. The van der Waals surface area contributed by atoms with Gasteiger partial charge in [-0.15, -0.1) is 0 Å². The van der Waals surface area contributed by atoms with Gasteiger partial charge in [0.05, 0.1) is 31.1 Å². The molecule has 1 atom stereocenters. The number of hydrogen-bond acceptors (Lipinski definition) is 4. The quantitative estimate of drug-likeness (QED) is 0.732. The minimum atomic E-state index is 0.0501. The average Bonchev–Trinajstić information content (AvgIpc) is 3.11. The van der Waals surface area contributed by atoms with Gasteiger partial charge >= 0.3 is 0 Å². The number of benzene rings is 1. The molecule has 0 saturated heterocycles. The third-order valence-electron chi connectivity index (χ3n) is 3.82. The third kappa shape index (κ3) is 2.72. The van der Waals surface area contributed by atoms with Crippen LogP contribution in [0.15, 0.2) is 41.1 Å². The van der Waals surface area contributed by atoms with Crippen LogP contribution in [-0.2, 0) is 13.0 Å². The number of para-hydroxylation sites is 1. The van der Waals surface area contributed by atoms with E-state index in [2.05, 4.69) is 30.3 Å². The number of rotatable bonds is 6. The van der Waals surface area contributed by atoms with Gasteiger partial charge in [0.25, 0.3) is 0 Å². The topological polar surface area (TPSA) is 63.2 Å². The van der Waals surface area contributed by atoms with E-state index in [0.29, 0.717) is 6.54 Å². The molecule has 22 heavy (non-hydrogen) atoms. The van der Waals surface area contributed by atoms with Crippen molar-refractivity contribution >= 4 is 16.7 Å². The van der Waals surface area contributed by atoms with Crippen LogP contribution < -0.4 is 5.32 Å². The Morgan fingerprint density at radius 2 is 2.18 bits per heavy atom. The van der Waals surface area contributed by atoms with Gasteiger partial charge in [-0.1, -0.05) is 25.1 Å². The average molecular weight is 299 g/mol. The van der Waals surface area contributed by atoms with E-state index in [1.807, 2.05) is 24.4 Å². The minimum absolute atomic E-state index is 0.0501. The Labute approximate surface area is 129 Å². The highest BCUT2D eigenvalue weighted by Gasteiger charge is 2.18. The molecular weight excluding hydrogens is 278 g/mol. The van der Waals surface area contributed by atoms with Crippen LogP contribution in [0, 0.1) is 0 Å². The maximum absolute atomic E-state index is 8.94. The van der Waals surface area contributed by atoms with Gasteiger partial charge in [-0.05, 0) is 19.4 Å². The highest BCUT2D eigenvalue weighted by atomic mass is 16.3. The van der Waals surface area contributed by atoms with Crippen LogP contribution in [0.3, 0.4) is 0 Å². The number of aliphatic hydroxyl groups is 1. The Morgan fingerprint density at radius 1 is 1.36 bits per heavy atom. The van der Waals surface area contributed by atoms with Crippen molar-refractivity contribution in [2.24, 2.45) is 0 Å². The number of nitrogens with zero attached hydrogens (tertiary/aromatic N) is 2. The first-order valence-electron chi connectivity index (χ1n) is 7.63. The second kappa shape index (κ2) is 6.23. The molecule has 2 N–H and O–H groups in total. The largest absolute Gasteiger partial charge is 0.459 e. The number of hydrogen-bond donors (Lipinski definition) is 2. The summed E-state index contributed by atoms with van der Waals surface area (Å²) in [4.78, 5) is 0. The van der Waals surface area contributed by atoms with Crippen LogP contribution in [0.25, 0.3) is 11.0 Å². The van der Waals surface area contributed by atoms with Gasteiger partial charge in [0, 0.05) is 17.1 Å². The monoisotopic (exact) mass is 299 g/mol. The highest BCUT2D eigenvalue weighted by molar-refractivity contribution is 5.82. The third-order valence-corrected chi connectivity index (χ3v) is 3.82. The first kappa shape index (κ1) is 14.7. The Bertz CT molecular complexity index is 760. The second-order valence-corrected chi connectivity index (χ2v) is 5.38. The summed E-state index contributed by atoms with van der Waals surface area (Å²) < 4.78 is 7.77. The fourth-order valence-electron chi connectivity index (χ4n) is 2.81. The van der Waals surface area contributed by atoms with Crippen LogP contribution in [-0.4, -0.2) is 21.5 Å². The van der Waals surface area contributed by atoms with E-state index < -0.39 is 0 Å². The van der Waals surface area contributed by atoms with Crippen molar-refractivity contribution < 1.29 is 9.52 Å². The zero-order chi connectivity index (χ0) is 15.5. The summed E-state index contributed by atoms with van der Waals surface area (Å²) in [7, 11) is 0. The molecule has 116 valence electrons. The van der Waals surface area contributed by atoms with Crippen molar-refractivity contribution in [2.75, 3.05) is 11.9 Å². The summed E-state index contributed by atoms with van der Waals surface area (Å²) in [5, 5.41) is 17.7. The fraction of sp³-hybridized carbons (Fsp3) is 0.353. The van der Waals surface area contributed by atoms with Crippen LogP contribution in [0.4, 0.5) is 5.69 Å². The Morgan fingerprint density at radius 3 is 2.95 bits per heavy atom. The summed E-state index contributed by atoms with van der Waals surface area (Å²) in [6.07, 6.45) is 4.59. The van der Waals surface area contributed by atoms with Gasteiger partial charge < -0.3 is 14.8 Å². The molecular formula is C17H21N3O2. The minimum Gasteiger partial charge on any atom is -0.459 e. The maximum Gasteiger partial charge on any atom is 0.134 e. The molecule has 0 radical (unpaired) electrons.